The minimum atomic E-state index is -0.447. The van der Waals surface area contributed by atoms with Crippen molar-refractivity contribution in [1.82, 2.24) is 4.90 Å². The van der Waals surface area contributed by atoms with Crippen molar-refractivity contribution >= 4 is 15.9 Å². The Balaban J connectivity index is 2.54. The molecule has 18 heavy (non-hydrogen) atoms. The molecule has 3 heteroatoms. The highest BCUT2D eigenvalue weighted by atomic mass is 79.9. The number of benzene rings is 1. The summed E-state index contributed by atoms with van der Waals surface area (Å²) in [7, 11) is 0. The fraction of sp³-hybridized carbons (Fsp3) is 0.333. The second-order valence-electron chi connectivity index (χ2n) is 4.16. The van der Waals surface area contributed by atoms with E-state index in [0.717, 1.165) is 29.7 Å². The van der Waals surface area contributed by atoms with Gasteiger partial charge in [0.2, 0.25) is 0 Å². The Bertz CT molecular complexity index is 382. The summed E-state index contributed by atoms with van der Waals surface area (Å²) in [6, 6.07) is 7.78. The van der Waals surface area contributed by atoms with Crippen LogP contribution in [0.1, 0.15) is 18.1 Å². The normalized spacial score (nSPS) is 12.4. The molecular weight excluding hydrogens is 290 g/mol. The third-order valence-electron chi connectivity index (χ3n) is 2.76. The van der Waals surface area contributed by atoms with Gasteiger partial charge in [-0.25, -0.2) is 0 Å². The Kier molecular flexibility index (Phi) is 6.94. The summed E-state index contributed by atoms with van der Waals surface area (Å²) in [6.45, 7) is 9.92. The van der Waals surface area contributed by atoms with E-state index in [1.807, 2.05) is 36.4 Å². The minimum Gasteiger partial charge on any atom is -0.388 e. The van der Waals surface area contributed by atoms with E-state index in [1.165, 1.54) is 0 Å². The van der Waals surface area contributed by atoms with Crippen molar-refractivity contribution in [3.05, 3.63) is 59.6 Å². The fourth-order valence-electron chi connectivity index (χ4n) is 1.83. The zero-order chi connectivity index (χ0) is 13.4. The average molecular weight is 310 g/mol. The molecule has 0 heterocycles. The average Bonchev–Trinajstić information content (AvgIpc) is 2.36. The Morgan fingerprint density at radius 3 is 2.39 bits per heavy atom. The van der Waals surface area contributed by atoms with E-state index in [1.54, 1.807) is 0 Å². The second kappa shape index (κ2) is 8.25. The predicted molar refractivity (Wildman–Crippen MR) is 80.6 cm³/mol. The van der Waals surface area contributed by atoms with Gasteiger partial charge >= 0.3 is 0 Å². The monoisotopic (exact) mass is 309 g/mol. The summed E-state index contributed by atoms with van der Waals surface area (Å²) in [5.41, 5.74) is 0.939. The smallest absolute Gasteiger partial charge is 0.0813 e. The quantitative estimate of drug-likeness (QED) is 0.742. The van der Waals surface area contributed by atoms with Crippen LogP contribution >= 0.6 is 15.9 Å². The van der Waals surface area contributed by atoms with Crippen molar-refractivity contribution < 1.29 is 5.11 Å². The van der Waals surface area contributed by atoms with Gasteiger partial charge in [0.15, 0.2) is 0 Å². The summed E-state index contributed by atoms with van der Waals surface area (Å²) >= 11 is 3.46. The molecule has 1 atom stereocenters. The van der Waals surface area contributed by atoms with Crippen LogP contribution in [0.15, 0.2) is 54.0 Å². The number of aliphatic hydroxyl groups excluding tert-OH is 1. The first kappa shape index (κ1) is 15.2. The first-order chi connectivity index (χ1) is 8.69. The molecule has 0 aliphatic heterocycles. The maximum absolute atomic E-state index is 10.2. The largest absolute Gasteiger partial charge is 0.388 e. The molecule has 98 valence electrons. The van der Waals surface area contributed by atoms with Gasteiger partial charge in [0.05, 0.1) is 6.10 Å². The molecule has 0 radical (unpaired) electrons. The Morgan fingerprint density at radius 2 is 1.83 bits per heavy atom. The van der Waals surface area contributed by atoms with Gasteiger partial charge < -0.3 is 5.11 Å². The van der Waals surface area contributed by atoms with Gasteiger partial charge in [-0.1, -0.05) is 46.3 Å². The molecule has 2 nitrogen and oxygen atoms in total. The first-order valence-corrected chi connectivity index (χ1v) is 6.85. The fourth-order valence-corrected chi connectivity index (χ4v) is 2.38. The predicted octanol–water partition coefficient (Wildman–Crippen LogP) is 3.55. The second-order valence-corrected chi connectivity index (χ2v) is 5.02. The number of rotatable bonds is 8. The van der Waals surface area contributed by atoms with Crippen molar-refractivity contribution in [2.24, 2.45) is 0 Å². The molecule has 0 bridgehead atoms. The number of halogens is 1. The van der Waals surface area contributed by atoms with Crippen LogP contribution in [0.2, 0.25) is 0 Å². The number of nitrogens with zero attached hydrogens (tertiary/aromatic N) is 1. The Morgan fingerprint density at radius 1 is 1.22 bits per heavy atom. The van der Waals surface area contributed by atoms with Gasteiger partial charge in [-0.15, -0.1) is 13.2 Å². The van der Waals surface area contributed by atoms with E-state index < -0.39 is 6.10 Å². The van der Waals surface area contributed by atoms with Crippen LogP contribution in [-0.2, 0) is 0 Å². The van der Waals surface area contributed by atoms with Crippen LogP contribution in [0.3, 0.4) is 0 Å². The lowest BCUT2D eigenvalue weighted by atomic mass is 10.1. The lowest BCUT2D eigenvalue weighted by Gasteiger charge is -2.21. The van der Waals surface area contributed by atoms with Crippen molar-refractivity contribution in [2.45, 2.75) is 12.5 Å². The zero-order valence-electron chi connectivity index (χ0n) is 10.6. The van der Waals surface area contributed by atoms with Crippen LogP contribution in [0.4, 0.5) is 0 Å². The highest BCUT2D eigenvalue weighted by Crippen LogP contribution is 2.25. The molecule has 0 saturated carbocycles. The molecule has 0 aliphatic rings. The third kappa shape index (κ3) is 4.77. The van der Waals surface area contributed by atoms with E-state index in [0.29, 0.717) is 6.42 Å². The van der Waals surface area contributed by atoms with Crippen LogP contribution < -0.4 is 0 Å². The van der Waals surface area contributed by atoms with Gasteiger partial charge in [0.25, 0.3) is 0 Å². The summed E-state index contributed by atoms with van der Waals surface area (Å²) in [4.78, 5) is 2.19. The van der Waals surface area contributed by atoms with E-state index in [4.69, 9.17) is 0 Å². The van der Waals surface area contributed by atoms with E-state index >= 15 is 0 Å². The lowest BCUT2D eigenvalue weighted by molar-refractivity contribution is 0.148. The molecule has 0 saturated heterocycles. The van der Waals surface area contributed by atoms with Crippen molar-refractivity contribution in [1.29, 1.82) is 0 Å². The van der Waals surface area contributed by atoms with Crippen molar-refractivity contribution in [2.75, 3.05) is 19.6 Å². The maximum Gasteiger partial charge on any atom is 0.0813 e. The number of hydrogen-bond acceptors (Lipinski definition) is 2. The van der Waals surface area contributed by atoms with E-state index in [2.05, 4.69) is 34.0 Å². The molecule has 0 fully saturated rings. The molecule has 1 aromatic rings. The van der Waals surface area contributed by atoms with Crippen LogP contribution in [0, 0.1) is 0 Å². The number of aliphatic hydroxyl groups is 1. The topological polar surface area (TPSA) is 23.5 Å². The van der Waals surface area contributed by atoms with Gasteiger partial charge in [-0.3, -0.25) is 4.90 Å². The maximum atomic E-state index is 10.2. The Hall–Kier alpha value is -0.900. The van der Waals surface area contributed by atoms with Crippen molar-refractivity contribution in [3.63, 3.8) is 0 Å². The first-order valence-electron chi connectivity index (χ1n) is 6.05. The lowest BCUT2D eigenvalue weighted by Crippen LogP contribution is -2.26. The number of hydrogen-bond donors (Lipinski definition) is 1. The van der Waals surface area contributed by atoms with Crippen molar-refractivity contribution in [3.8, 4) is 0 Å². The third-order valence-corrected chi connectivity index (χ3v) is 3.48. The molecule has 0 aromatic heterocycles. The van der Waals surface area contributed by atoms with Crippen LogP contribution in [0.5, 0.6) is 0 Å². The summed E-state index contributed by atoms with van der Waals surface area (Å²) in [5.74, 6) is 0. The molecule has 1 N–H and O–H groups in total. The van der Waals surface area contributed by atoms with Gasteiger partial charge in [-0.05, 0) is 18.1 Å². The molecule has 1 unspecified atom stereocenters. The van der Waals surface area contributed by atoms with Gasteiger partial charge in [0.1, 0.15) is 0 Å². The van der Waals surface area contributed by atoms with Crippen LogP contribution in [0.25, 0.3) is 0 Å². The van der Waals surface area contributed by atoms with E-state index in [9.17, 15) is 5.11 Å². The molecule has 0 amide bonds. The minimum absolute atomic E-state index is 0.447. The molecule has 0 aliphatic carbocycles. The summed E-state index contributed by atoms with van der Waals surface area (Å²) in [5, 5.41) is 10.2. The van der Waals surface area contributed by atoms with E-state index in [-0.39, 0.29) is 0 Å². The highest BCUT2D eigenvalue weighted by molar-refractivity contribution is 9.10. The summed E-state index contributed by atoms with van der Waals surface area (Å²) in [6.07, 6.45) is 3.99. The van der Waals surface area contributed by atoms with Gasteiger partial charge in [-0.2, -0.15) is 0 Å². The molecule has 1 rings (SSSR count). The Labute approximate surface area is 118 Å². The molecular formula is C15H20BrNO. The summed E-state index contributed by atoms with van der Waals surface area (Å²) < 4.78 is 0.955. The molecule has 0 spiro atoms. The zero-order valence-corrected chi connectivity index (χ0v) is 12.1. The van der Waals surface area contributed by atoms with Crippen LogP contribution in [-0.4, -0.2) is 29.6 Å². The SMILES string of the molecule is C=CCN(CC=C)CCC(O)c1ccccc1Br. The van der Waals surface area contributed by atoms with Gasteiger partial charge in [0, 0.05) is 24.1 Å². The molecule has 1 aromatic carbocycles. The highest BCUT2D eigenvalue weighted by Gasteiger charge is 2.12. The standard InChI is InChI=1S/C15H20BrNO/c1-3-10-17(11-4-2)12-9-15(18)13-7-5-6-8-14(13)16/h3-8,15,18H,1-2,9-12H2.